The van der Waals surface area contributed by atoms with Crippen molar-refractivity contribution in [2.75, 3.05) is 13.1 Å². The Hall–Kier alpha value is -1.80. The molecule has 0 fully saturated rings. The van der Waals surface area contributed by atoms with Gasteiger partial charge in [0, 0.05) is 10.3 Å². The van der Waals surface area contributed by atoms with E-state index in [1.165, 1.54) is 9.78 Å². The molecular formula is C15H17NO3S. The van der Waals surface area contributed by atoms with Crippen LogP contribution >= 0.6 is 11.3 Å². The first kappa shape index (κ1) is 14.6. The molecule has 1 unspecified atom stereocenters. The molecule has 106 valence electrons. The Morgan fingerprint density at radius 3 is 3.00 bits per heavy atom. The summed E-state index contributed by atoms with van der Waals surface area (Å²) in [6.07, 6.45) is 8.17. The van der Waals surface area contributed by atoms with E-state index in [4.69, 9.17) is 11.5 Å². The number of carbonyl (C=O) groups is 2. The molecule has 20 heavy (non-hydrogen) atoms. The molecule has 1 N–H and O–H groups in total. The van der Waals surface area contributed by atoms with Gasteiger partial charge in [-0.25, -0.2) is 0 Å². The van der Waals surface area contributed by atoms with Gasteiger partial charge >= 0.3 is 5.97 Å². The predicted octanol–water partition coefficient (Wildman–Crippen LogP) is 2.03. The number of thiophene rings is 1. The predicted molar refractivity (Wildman–Crippen MR) is 77.9 cm³/mol. The van der Waals surface area contributed by atoms with Gasteiger partial charge in [0.2, 0.25) is 0 Å². The number of nitrogens with zero attached hydrogens (tertiary/aromatic N) is 1. The molecule has 1 aromatic rings. The quantitative estimate of drug-likeness (QED) is 0.864. The molecule has 0 aromatic carbocycles. The second kappa shape index (κ2) is 6.10. The smallest absolute Gasteiger partial charge is 0.323 e. The van der Waals surface area contributed by atoms with Crippen LogP contribution in [0.5, 0.6) is 0 Å². The van der Waals surface area contributed by atoms with Crippen molar-refractivity contribution in [1.29, 1.82) is 0 Å². The summed E-state index contributed by atoms with van der Waals surface area (Å²) in [5.41, 5.74) is 1.72. The first-order chi connectivity index (χ1) is 9.52. The number of hydrogen-bond acceptors (Lipinski definition) is 3. The highest BCUT2D eigenvalue weighted by Crippen LogP contribution is 2.33. The van der Waals surface area contributed by atoms with Crippen molar-refractivity contribution in [3.05, 3.63) is 21.4 Å². The Morgan fingerprint density at radius 2 is 2.35 bits per heavy atom. The molecule has 5 heteroatoms. The molecule has 0 aliphatic heterocycles. The van der Waals surface area contributed by atoms with Gasteiger partial charge in [0.15, 0.2) is 0 Å². The summed E-state index contributed by atoms with van der Waals surface area (Å²) >= 11 is 1.59. The van der Waals surface area contributed by atoms with Gasteiger partial charge in [0.05, 0.1) is 12.1 Å². The molecule has 1 aliphatic carbocycles. The van der Waals surface area contributed by atoms with Gasteiger partial charge in [0.25, 0.3) is 5.91 Å². The van der Waals surface area contributed by atoms with Gasteiger partial charge in [-0.15, -0.1) is 17.8 Å². The number of fused-ring (bicyclic) bond motifs is 1. The van der Waals surface area contributed by atoms with Crippen molar-refractivity contribution in [2.24, 2.45) is 5.92 Å². The second-order valence-corrected chi connectivity index (χ2v) is 6.12. The van der Waals surface area contributed by atoms with Crippen molar-refractivity contribution in [2.45, 2.75) is 26.2 Å². The van der Waals surface area contributed by atoms with Crippen LogP contribution in [0, 0.1) is 18.3 Å². The molecule has 1 aromatic heterocycles. The molecule has 0 bridgehead atoms. The van der Waals surface area contributed by atoms with Gasteiger partial charge < -0.3 is 10.0 Å². The maximum atomic E-state index is 12.5. The number of amides is 1. The Labute approximate surface area is 122 Å². The fourth-order valence-electron chi connectivity index (χ4n) is 2.50. The zero-order valence-corrected chi connectivity index (χ0v) is 12.2. The SMILES string of the molecule is C#CCN(CC(=O)O)C(=O)c1csc2c1CCC(C)C2. The molecule has 1 amide bonds. The van der Waals surface area contributed by atoms with Crippen LogP contribution in [-0.2, 0) is 17.6 Å². The summed E-state index contributed by atoms with van der Waals surface area (Å²) in [6, 6.07) is 0. The maximum absolute atomic E-state index is 12.5. The van der Waals surface area contributed by atoms with E-state index < -0.39 is 5.97 Å². The van der Waals surface area contributed by atoms with E-state index in [-0.39, 0.29) is 19.0 Å². The van der Waals surface area contributed by atoms with Crippen molar-refractivity contribution in [3.63, 3.8) is 0 Å². The maximum Gasteiger partial charge on any atom is 0.323 e. The minimum Gasteiger partial charge on any atom is -0.480 e. The first-order valence-electron chi connectivity index (χ1n) is 6.56. The van der Waals surface area contributed by atoms with Gasteiger partial charge in [-0.3, -0.25) is 9.59 Å². The molecule has 1 aliphatic rings. The molecule has 0 spiro atoms. The van der Waals surface area contributed by atoms with Crippen LogP contribution in [0.1, 0.15) is 34.1 Å². The average Bonchev–Trinajstić information content (AvgIpc) is 2.79. The van der Waals surface area contributed by atoms with Crippen LogP contribution in [0.15, 0.2) is 5.38 Å². The normalized spacial score (nSPS) is 17.1. The third-order valence-electron chi connectivity index (χ3n) is 3.53. The van der Waals surface area contributed by atoms with E-state index in [0.717, 1.165) is 24.8 Å². The van der Waals surface area contributed by atoms with Gasteiger partial charge in [-0.2, -0.15) is 0 Å². The highest BCUT2D eigenvalue weighted by atomic mass is 32.1. The number of carboxylic acid groups (broad SMARTS) is 1. The number of carbonyl (C=O) groups excluding carboxylic acids is 1. The number of carboxylic acids is 1. The lowest BCUT2D eigenvalue weighted by Crippen LogP contribution is -2.36. The van der Waals surface area contributed by atoms with Crippen molar-refractivity contribution in [3.8, 4) is 12.3 Å². The van der Waals surface area contributed by atoms with E-state index in [2.05, 4.69) is 12.8 Å². The highest BCUT2D eigenvalue weighted by molar-refractivity contribution is 7.10. The average molecular weight is 291 g/mol. The molecule has 0 saturated carbocycles. The molecular weight excluding hydrogens is 274 g/mol. The highest BCUT2D eigenvalue weighted by Gasteiger charge is 2.26. The molecule has 1 heterocycles. The van der Waals surface area contributed by atoms with Crippen LogP contribution in [-0.4, -0.2) is 35.0 Å². The monoisotopic (exact) mass is 291 g/mol. The Bertz CT molecular complexity index is 570. The van der Waals surface area contributed by atoms with Crippen LogP contribution in [0.25, 0.3) is 0 Å². The summed E-state index contributed by atoms with van der Waals surface area (Å²) in [5.74, 6) is 1.68. The largest absolute Gasteiger partial charge is 0.480 e. The summed E-state index contributed by atoms with van der Waals surface area (Å²) in [7, 11) is 0. The Morgan fingerprint density at radius 1 is 1.60 bits per heavy atom. The molecule has 4 nitrogen and oxygen atoms in total. The van der Waals surface area contributed by atoms with E-state index in [1.807, 2.05) is 5.38 Å². The Balaban J connectivity index is 2.24. The molecule has 0 radical (unpaired) electrons. The van der Waals surface area contributed by atoms with E-state index >= 15 is 0 Å². The topological polar surface area (TPSA) is 57.6 Å². The third-order valence-corrected chi connectivity index (χ3v) is 4.58. The van der Waals surface area contributed by atoms with Crippen molar-refractivity contribution in [1.82, 2.24) is 4.90 Å². The van der Waals surface area contributed by atoms with E-state index in [9.17, 15) is 9.59 Å². The van der Waals surface area contributed by atoms with Gasteiger partial charge in [-0.05, 0) is 30.7 Å². The fourth-order valence-corrected chi connectivity index (χ4v) is 3.74. The lowest BCUT2D eigenvalue weighted by Gasteiger charge is -2.21. The summed E-state index contributed by atoms with van der Waals surface area (Å²) in [5, 5.41) is 10.7. The minimum atomic E-state index is -1.05. The van der Waals surface area contributed by atoms with Crippen molar-refractivity contribution < 1.29 is 14.7 Å². The van der Waals surface area contributed by atoms with Gasteiger partial charge in [0.1, 0.15) is 6.54 Å². The summed E-state index contributed by atoms with van der Waals surface area (Å²) in [6.45, 7) is 1.87. The second-order valence-electron chi connectivity index (χ2n) is 5.16. The molecule has 1 atom stereocenters. The standard InChI is InChI=1S/C15H17NO3S/c1-3-6-16(8-14(17)18)15(19)12-9-20-13-7-10(2)4-5-11(12)13/h1,9-10H,4-8H2,2H3,(H,17,18). The number of rotatable bonds is 4. The Kier molecular flexibility index (Phi) is 4.46. The minimum absolute atomic E-state index is 0.0200. The van der Waals surface area contributed by atoms with Crippen molar-refractivity contribution >= 4 is 23.2 Å². The molecule has 2 rings (SSSR count). The zero-order chi connectivity index (χ0) is 14.7. The summed E-state index contributed by atoms with van der Waals surface area (Å²) < 4.78 is 0. The van der Waals surface area contributed by atoms with Crippen LogP contribution in [0.4, 0.5) is 0 Å². The number of hydrogen-bond donors (Lipinski definition) is 1. The molecule has 0 saturated heterocycles. The lowest BCUT2D eigenvalue weighted by molar-refractivity contribution is -0.137. The number of aliphatic carboxylic acids is 1. The fraction of sp³-hybridized carbons (Fsp3) is 0.467. The van der Waals surface area contributed by atoms with E-state index in [0.29, 0.717) is 11.5 Å². The summed E-state index contributed by atoms with van der Waals surface area (Å²) in [4.78, 5) is 25.8. The zero-order valence-electron chi connectivity index (χ0n) is 11.4. The number of terminal acetylenes is 1. The first-order valence-corrected chi connectivity index (χ1v) is 7.44. The van der Waals surface area contributed by atoms with E-state index in [1.54, 1.807) is 11.3 Å². The van der Waals surface area contributed by atoms with Crippen LogP contribution in [0.2, 0.25) is 0 Å². The van der Waals surface area contributed by atoms with Crippen LogP contribution < -0.4 is 0 Å². The van der Waals surface area contributed by atoms with Crippen LogP contribution in [0.3, 0.4) is 0 Å². The lowest BCUT2D eigenvalue weighted by atomic mass is 9.88. The third kappa shape index (κ3) is 3.02. The van der Waals surface area contributed by atoms with Gasteiger partial charge in [-0.1, -0.05) is 12.8 Å².